The van der Waals surface area contributed by atoms with Crippen LogP contribution in [0.15, 0.2) is 87.1 Å². The fourth-order valence-electron chi connectivity index (χ4n) is 4.01. The first-order valence-corrected chi connectivity index (χ1v) is 12.9. The number of hydrogen-bond donors (Lipinski definition) is 3. The van der Waals surface area contributed by atoms with Gasteiger partial charge in [-0.3, -0.25) is 9.59 Å². The first-order chi connectivity index (χ1) is 17.8. The van der Waals surface area contributed by atoms with Crippen LogP contribution in [0.4, 0.5) is 11.4 Å². The molecule has 0 unspecified atom stereocenters. The van der Waals surface area contributed by atoms with Crippen LogP contribution in [0.25, 0.3) is 0 Å². The average Bonchev–Trinajstić information content (AvgIpc) is 3.41. The third-order valence-electron chi connectivity index (χ3n) is 6.05. The van der Waals surface area contributed by atoms with Crippen LogP contribution in [0.1, 0.15) is 29.7 Å². The van der Waals surface area contributed by atoms with E-state index in [0.29, 0.717) is 38.3 Å². The van der Waals surface area contributed by atoms with Gasteiger partial charge < -0.3 is 20.4 Å². The number of amides is 2. The standard InChI is InChI=1S/C28H25ClN4O3S/c1-16-6-4-7-22(17(16)2)33-24(34)15-37-28-21(14-30)26(23-8-5-13-36-23)25(18(3)31-28)27(35)32-20-11-9-19(29)10-12-20/h4-13,26,31H,15H2,1-3H3,(H,32,35)(H,33,34)/t26-/m1/s1. The Balaban J connectivity index is 1.58. The van der Waals surface area contributed by atoms with Gasteiger partial charge in [-0.2, -0.15) is 5.26 Å². The molecule has 0 fully saturated rings. The molecule has 2 heterocycles. The molecule has 4 rings (SSSR count). The summed E-state index contributed by atoms with van der Waals surface area (Å²) in [6.07, 6.45) is 1.50. The second kappa shape index (κ2) is 11.4. The van der Waals surface area contributed by atoms with E-state index in [1.807, 2.05) is 32.0 Å². The Morgan fingerprint density at radius 3 is 2.51 bits per heavy atom. The van der Waals surface area contributed by atoms with Gasteiger partial charge >= 0.3 is 0 Å². The molecule has 0 spiro atoms. The molecular formula is C28H25ClN4O3S. The number of dihydropyridines is 1. The Labute approximate surface area is 224 Å². The largest absolute Gasteiger partial charge is 0.468 e. The average molecular weight is 533 g/mol. The van der Waals surface area contributed by atoms with Crippen LogP contribution >= 0.6 is 23.4 Å². The van der Waals surface area contributed by atoms with Crippen molar-refractivity contribution < 1.29 is 14.0 Å². The van der Waals surface area contributed by atoms with E-state index in [1.54, 1.807) is 43.3 Å². The number of anilines is 2. The van der Waals surface area contributed by atoms with E-state index in [0.717, 1.165) is 16.8 Å². The summed E-state index contributed by atoms with van der Waals surface area (Å²) in [5.74, 6) is -0.786. The molecule has 7 nitrogen and oxygen atoms in total. The van der Waals surface area contributed by atoms with E-state index >= 15 is 0 Å². The van der Waals surface area contributed by atoms with Gasteiger partial charge in [0, 0.05) is 22.1 Å². The fraction of sp³-hybridized carbons (Fsp3) is 0.179. The second-order valence-electron chi connectivity index (χ2n) is 8.51. The summed E-state index contributed by atoms with van der Waals surface area (Å²) >= 11 is 7.16. The molecule has 1 aromatic heterocycles. The van der Waals surface area contributed by atoms with Crippen LogP contribution in [0.2, 0.25) is 5.02 Å². The molecule has 0 radical (unpaired) electrons. The van der Waals surface area contributed by atoms with Crippen LogP contribution < -0.4 is 16.0 Å². The lowest BCUT2D eigenvalue weighted by Gasteiger charge is -2.28. The van der Waals surface area contributed by atoms with Crippen molar-refractivity contribution in [3.05, 3.63) is 105 Å². The van der Waals surface area contributed by atoms with Crippen molar-refractivity contribution in [2.24, 2.45) is 0 Å². The maximum Gasteiger partial charge on any atom is 0.254 e. The molecule has 0 aliphatic carbocycles. The molecule has 3 aromatic rings. The summed E-state index contributed by atoms with van der Waals surface area (Å²) in [4.78, 5) is 26.1. The first kappa shape index (κ1) is 26.1. The zero-order valence-corrected chi connectivity index (χ0v) is 22.1. The summed E-state index contributed by atoms with van der Waals surface area (Å²) in [6, 6.07) is 18.2. The predicted octanol–water partition coefficient (Wildman–Crippen LogP) is 6.26. The number of carbonyl (C=O) groups is 2. The van der Waals surface area contributed by atoms with Gasteiger partial charge in [0.25, 0.3) is 5.91 Å². The summed E-state index contributed by atoms with van der Waals surface area (Å²) in [5.41, 5.74) is 4.62. The van der Waals surface area contributed by atoms with Crippen molar-refractivity contribution >= 4 is 46.6 Å². The number of nitriles is 1. The quantitative estimate of drug-likeness (QED) is 0.331. The Morgan fingerprint density at radius 2 is 1.84 bits per heavy atom. The zero-order valence-electron chi connectivity index (χ0n) is 20.5. The smallest absolute Gasteiger partial charge is 0.254 e. The van der Waals surface area contributed by atoms with Gasteiger partial charge in [0.05, 0.1) is 40.2 Å². The van der Waals surface area contributed by atoms with Crippen LogP contribution in [0.5, 0.6) is 0 Å². The molecule has 1 aliphatic rings. The number of furan rings is 1. The van der Waals surface area contributed by atoms with Crippen molar-refractivity contribution in [1.82, 2.24) is 5.32 Å². The molecule has 2 aromatic carbocycles. The number of hydrogen-bond acceptors (Lipinski definition) is 6. The molecule has 0 saturated carbocycles. The van der Waals surface area contributed by atoms with Crippen LogP contribution in [0.3, 0.4) is 0 Å². The lowest BCUT2D eigenvalue weighted by molar-refractivity contribution is -0.114. The summed E-state index contributed by atoms with van der Waals surface area (Å²) < 4.78 is 5.64. The van der Waals surface area contributed by atoms with E-state index in [9.17, 15) is 14.9 Å². The normalized spacial score (nSPS) is 15.2. The third kappa shape index (κ3) is 5.91. The molecule has 188 valence electrons. The van der Waals surface area contributed by atoms with E-state index in [1.165, 1.54) is 18.0 Å². The number of nitrogens with one attached hydrogen (secondary N) is 3. The monoisotopic (exact) mass is 532 g/mol. The van der Waals surface area contributed by atoms with Gasteiger partial charge in [0.1, 0.15) is 5.76 Å². The number of nitrogens with zero attached hydrogens (tertiary/aromatic N) is 1. The highest BCUT2D eigenvalue weighted by atomic mass is 35.5. The number of benzene rings is 2. The summed E-state index contributed by atoms with van der Waals surface area (Å²) in [7, 11) is 0. The number of thioether (sulfide) groups is 1. The first-order valence-electron chi connectivity index (χ1n) is 11.5. The number of halogens is 1. The minimum atomic E-state index is -0.738. The third-order valence-corrected chi connectivity index (χ3v) is 7.32. The van der Waals surface area contributed by atoms with Crippen molar-refractivity contribution in [3.63, 3.8) is 0 Å². The van der Waals surface area contributed by atoms with E-state index < -0.39 is 5.92 Å². The minimum Gasteiger partial charge on any atom is -0.468 e. The lowest BCUT2D eigenvalue weighted by Crippen LogP contribution is -2.31. The molecule has 2 amide bonds. The van der Waals surface area contributed by atoms with Gasteiger partial charge in [-0.25, -0.2) is 0 Å². The van der Waals surface area contributed by atoms with E-state index in [-0.39, 0.29) is 17.6 Å². The van der Waals surface area contributed by atoms with Crippen molar-refractivity contribution in [2.45, 2.75) is 26.7 Å². The maximum atomic E-state index is 13.4. The Morgan fingerprint density at radius 1 is 1.08 bits per heavy atom. The zero-order chi connectivity index (χ0) is 26.5. The molecule has 3 N–H and O–H groups in total. The van der Waals surface area contributed by atoms with Crippen molar-refractivity contribution in [1.29, 1.82) is 5.26 Å². The molecule has 37 heavy (non-hydrogen) atoms. The van der Waals surface area contributed by atoms with Crippen molar-refractivity contribution in [2.75, 3.05) is 16.4 Å². The second-order valence-corrected chi connectivity index (χ2v) is 9.93. The van der Waals surface area contributed by atoms with E-state index in [4.69, 9.17) is 16.0 Å². The van der Waals surface area contributed by atoms with Crippen LogP contribution in [-0.4, -0.2) is 17.6 Å². The highest BCUT2D eigenvalue weighted by molar-refractivity contribution is 8.03. The minimum absolute atomic E-state index is 0.0748. The van der Waals surface area contributed by atoms with Gasteiger partial charge in [-0.15, -0.1) is 0 Å². The van der Waals surface area contributed by atoms with Gasteiger partial charge in [0.15, 0.2) is 0 Å². The van der Waals surface area contributed by atoms with Crippen LogP contribution in [-0.2, 0) is 9.59 Å². The SMILES string of the molecule is CC1=C(C(=O)Nc2ccc(Cl)cc2)[C@@H](c2ccco2)C(C#N)=C(SCC(=O)Nc2cccc(C)c2C)N1. The predicted molar refractivity (Wildman–Crippen MR) is 147 cm³/mol. The fourth-order valence-corrected chi connectivity index (χ4v) is 5.03. The molecular weight excluding hydrogens is 508 g/mol. The highest BCUT2D eigenvalue weighted by Crippen LogP contribution is 2.41. The highest BCUT2D eigenvalue weighted by Gasteiger charge is 2.36. The molecule has 1 aliphatic heterocycles. The van der Waals surface area contributed by atoms with Crippen LogP contribution in [0, 0.1) is 25.2 Å². The van der Waals surface area contributed by atoms with Gasteiger partial charge in [0.2, 0.25) is 5.91 Å². The summed E-state index contributed by atoms with van der Waals surface area (Å²) in [6.45, 7) is 5.70. The molecule has 9 heteroatoms. The summed E-state index contributed by atoms with van der Waals surface area (Å²) in [5, 5.41) is 20.2. The molecule has 0 bridgehead atoms. The van der Waals surface area contributed by atoms with E-state index in [2.05, 4.69) is 22.0 Å². The van der Waals surface area contributed by atoms with Crippen molar-refractivity contribution in [3.8, 4) is 6.07 Å². The number of rotatable bonds is 7. The maximum absolute atomic E-state index is 13.4. The topological polar surface area (TPSA) is 107 Å². The van der Waals surface area contributed by atoms with Gasteiger partial charge in [-0.1, -0.05) is 35.5 Å². The lowest BCUT2D eigenvalue weighted by atomic mass is 9.85. The Hall–Kier alpha value is -3.93. The number of allylic oxidation sites excluding steroid dienone is 2. The Bertz CT molecular complexity index is 1440. The Kier molecular flexibility index (Phi) is 8.07. The van der Waals surface area contributed by atoms with Gasteiger partial charge in [-0.05, 0) is 74.4 Å². The number of carbonyl (C=O) groups excluding carboxylic acids is 2. The molecule has 0 saturated heterocycles. The number of aryl methyl sites for hydroxylation is 1. The molecule has 1 atom stereocenters.